The maximum Gasteiger partial charge on any atom is 0.321 e. The zero-order chi connectivity index (χ0) is 21.5. The van der Waals surface area contributed by atoms with Crippen LogP contribution in [0.2, 0.25) is 0 Å². The molecule has 0 radical (unpaired) electrons. The van der Waals surface area contributed by atoms with Crippen molar-refractivity contribution in [3.63, 3.8) is 0 Å². The van der Waals surface area contributed by atoms with Crippen molar-refractivity contribution in [3.05, 3.63) is 52.6 Å². The van der Waals surface area contributed by atoms with Gasteiger partial charge in [0.05, 0.1) is 16.0 Å². The number of rotatable bonds is 6. The van der Waals surface area contributed by atoms with Crippen molar-refractivity contribution in [2.45, 2.75) is 34.3 Å². The molecule has 0 spiro atoms. The molecule has 1 aliphatic heterocycles. The lowest BCUT2D eigenvalue weighted by molar-refractivity contribution is -0.385. The van der Waals surface area contributed by atoms with Crippen molar-refractivity contribution in [2.75, 3.05) is 13.1 Å². The standard InChI is InChI=1S/C18H16F2N4O4S2/c19-17(20)23-14-6-2-1-5-13(14)21-18(23)29-15-8-7-12(24(25)26)11-16(15)30(27,28)22-9-3-4-10-22/h1-2,5-8,11,17H,3-4,9-10H2. The summed E-state index contributed by atoms with van der Waals surface area (Å²) in [6.45, 7) is -2.27. The summed E-state index contributed by atoms with van der Waals surface area (Å²) in [6, 6.07) is 9.74. The molecule has 4 rings (SSSR count). The van der Waals surface area contributed by atoms with Gasteiger partial charge in [0.1, 0.15) is 4.90 Å². The first-order valence-electron chi connectivity index (χ1n) is 9.00. The number of hydrogen-bond donors (Lipinski definition) is 0. The van der Waals surface area contributed by atoms with Crippen LogP contribution in [0.1, 0.15) is 19.4 Å². The number of hydrogen-bond acceptors (Lipinski definition) is 6. The van der Waals surface area contributed by atoms with Gasteiger partial charge in [-0.15, -0.1) is 0 Å². The third-order valence-electron chi connectivity index (χ3n) is 4.78. The van der Waals surface area contributed by atoms with Crippen LogP contribution in [0.4, 0.5) is 14.5 Å². The maximum atomic E-state index is 13.7. The molecule has 1 aliphatic rings. The molecule has 0 aliphatic carbocycles. The van der Waals surface area contributed by atoms with Crippen molar-refractivity contribution in [1.82, 2.24) is 13.9 Å². The molecule has 8 nitrogen and oxygen atoms in total. The zero-order valence-corrected chi connectivity index (χ0v) is 17.1. The highest BCUT2D eigenvalue weighted by Crippen LogP contribution is 2.39. The van der Waals surface area contributed by atoms with Crippen LogP contribution in [0, 0.1) is 10.1 Å². The van der Waals surface area contributed by atoms with Crippen molar-refractivity contribution >= 4 is 38.5 Å². The van der Waals surface area contributed by atoms with E-state index in [1.165, 1.54) is 16.4 Å². The van der Waals surface area contributed by atoms with Gasteiger partial charge in [-0.1, -0.05) is 23.9 Å². The minimum atomic E-state index is -4.03. The van der Waals surface area contributed by atoms with Crippen molar-refractivity contribution in [3.8, 4) is 0 Å². The van der Waals surface area contributed by atoms with Gasteiger partial charge in [0.2, 0.25) is 10.0 Å². The third-order valence-corrected chi connectivity index (χ3v) is 7.90. The number of alkyl halides is 2. The molecule has 0 saturated carbocycles. The largest absolute Gasteiger partial charge is 0.321 e. The minimum absolute atomic E-state index is 0.0991. The number of sulfonamides is 1. The van der Waals surface area contributed by atoms with Crippen LogP contribution in [-0.4, -0.2) is 40.3 Å². The first kappa shape index (κ1) is 20.7. The first-order chi connectivity index (χ1) is 14.3. The second-order valence-corrected chi connectivity index (χ2v) is 9.55. The van der Waals surface area contributed by atoms with Crippen LogP contribution in [0.3, 0.4) is 0 Å². The van der Waals surface area contributed by atoms with Crippen LogP contribution in [0.25, 0.3) is 11.0 Å². The zero-order valence-electron chi connectivity index (χ0n) is 15.4. The maximum absolute atomic E-state index is 13.7. The predicted molar refractivity (Wildman–Crippen MR) is 106 cm³/mol. The Labute approximate surface area is 174 Å². The van der Waals surface area contributed by atoms with E-state index in [0.717, 1.165) is 23.9 Å². The number of halogens is 2. The molecule has 0 amide bonds. The lowest BCUT2D eigenvalue weighted by Gasteiger charge is -2.18. The van der Waals surface area contributed by atoms with Gasteiger partial charge in [-0.05, 0) is 31.0 Å². The fraction of sp³-hybridized carbons (Fsp3) is 0.278. The first-order valence-corrected chi connectivity index (χ1v) is 11.3. The Hall–Kier alpha value is -2.57. The fourth-order valence-electron chi connectivity index (χ4n) is 3.35. The van der Waals surface area contributed by atoms with Crippen LogP contribution in [0.5, 0.6) is 0 Å². The lowest BCUT2D eigenvalue weighted by Crippen LogP contribution is -2.28. The Morgan fingerprint density at radius 3 is 2.50 bits per heavy atom. The van der Waals surface area contributed by atoms with Gasteiger partial charge in [-0.25, -0.2) is 13.4 Å². The molecular formula is C18H16F2N4O4S2. The summed E-state index contributed by atoms with van der Waals surface area (Å²) in [6.07, 6.45) is 1.38. The highest BCUT2D eigenvalue weighted by Gasteiger charge is 2.32. The molecule has 2 heterocycles. The van der Waals surface area contributed by atoms with Gasteiger partial charge in [-0.2, -0.15) is 13.1 Å². The van der Waals surface area contributed by atoms with Crippen molar-refractivity contribution in [2.24, 2.45) is 0 Å². The van der Waals surface area contributed by atoms with Crippen LogP contribution in [-0.2, 0) is 10.0 Å². The topological polar surface area (TPSA) is 98.3 Å². The van der Waals surface area contributed by atoms with E-state index in [1.54, 1.807) is 18.2 Å². The van der Waals surface area contributed by atoms with E-state index in [4.69, 9.17) is 0 Å². The molecule has 30 heavy (non-hydrogen) atoms. The van der Waals surface area contributed by atoms with Crippen LogP contribution >= 0.6 is 11.8 Å². The molecule has 1 aromatic heterocycles. The molecule has 1 saturated heterocycles. The van der Waals surface area contributed by atoms with Gasteiger partial charge < -0.3 is 0 Å². The highest BCUT2D eigenvalue weighted by molar-refractivity contribution is 8.00. The second kappa shape index (κ2) is 7.93. The number of fused-ring (bicyclic) bond motifs is 1. The van der Waals surface area contributed by atoms with Crippen molar-refractivity contribution < 1.29 is 22.1 Å². The molecule has 12 heteroatoms. The number of nitrogens with zero attached hydrogens (tertiary/aromatic N) is 4. The Bertz CT molecular complexity index is 1220. The summed E-state index contributed by atoms with van der Waals surface area (Å²) < 4.78 is 55.7. The fourth-order valence-corrected chi connectivity index (χ4v) is 6.31. The molecule has 0 atom stereocenters. The number of aromatic nitrogens is 2. The Balaban J connectivity index is 1.85. The van der Waals surface area contributed by atoms with Crippen LogP contribution < -0.4 is 0 Å². The average Bonchev–Trinajstić information content (AvgIpc) is 3.36. The molecule has 2 aromatic carbocycles. The number of nitro groups is 1. The summed E-state index contributed by atoms with van der Waals surface area (Å²) in [5.41, 5.74) is 0.159. The molecule has 0 bridgehead atoms. The predicted octanol–water partition coefficient (Wildman–Crippen LogP) is 4.28. The quantitative estimate of drug-likeness (QED) is 0.407. The summed E-state index contributed by atoms with van der Waals surface area (Å²) in [4.78, 5) is 14.5. The molecule has 158 valence electrons. The second-order valence-electron chi connectivity index (χ2n) is 6.63. The van der Waals surface area contributed by atoms with E-state index < -0.39 is 21.5 Å². The van der Waals surface area contributed by atoms with E-state index in [-0.39, 0.29) is 26.2 Å². The van der Waals surface area contributed by atoms with E-state index in [0.29, 0.717) is 36.0 Å². The van der Waals surface area contributed by atoms with Gasteiger partial charge in [0.25, 0.3) is 5.69 Å². The summed E-state index contributed by atoms with van der Waals surface area (Å²) in [5, 5.41) is 11.1. The number of imidazole rings is 1. The minimum Gasteiger partial charge on any atom is -0.261 e. The molecular weight excluding hydrogens is 438 g/mol. The normalized spacial score (nSPS) is 15.3. The van der Waals surface area contributed by atoms with Gasteiger partial charge in [0, 0.05) is 30.1 Å². The van der Waals surface area contributed by atoms with Gasteiger partial charge >= 0.3 is 6.55 Å². The summed E-state index contributed by atoms with van der Waals surface area (Å²) in [5.74, 6) is 0. The molecule has 0 unspecified atom stereocenters. The van der Waals surface area contributed by atoms with Gasteiger partial charge in [-0.3, -0.25) is 14.7 Å². The van der Waals surface area contributed by atoms with E-state index in [1.807, 2.05) is 0 Å². The number of benzene rings is 2. The van der Waals surface area contributed by atoms with E-state index in [2.05, 4.69) is 4.98 Å². The highest BCUT2D eigenvalue weighted by atomic mass is 32.2. The lowest BCUT2D eigenvalue weighted by atomic mass is 10.3. The smallest absolute Gasteiger partial charge is 0.261 e. The monoisotopic (exact) mass is 454 g/mol. The SMILES string of the molecule is O=[N+]([O-])c1ccc(Sc2nc3ccccc3n2C(F)F)c(S(=O)(=O)N2CCCC2)c1. The van der Waals surface area contributed by atoms with Crippen LogP contribution in [0.15, 0.2) is 57.4 Å². The Morgan fingerprint density at radius 2 is 1.83 bits per heavy atom. The number of para-hydroxylation sites is 2. The third kappa shape index (κ3) is 3.66. The summed E-state index contributed by atoms with van der Waals surface area (Å²) >= 11 is 0.744. The molecule has 0 N–H and O–H groups in total. The van der Waals surface area contributed by atoms with E-state index in [9.17, 15) is 27.3 Å². The van der Waals surface area contributed by atoms with Crippen molar-refractivity contribution in [1.29, 1.82) is 0 Å². The molecule has 1 fully saturated rings. The molecule has 3 aromatic rings. The Kier molecular flexibility index (Phi) is 5.47. The van der Waals surface area contributed by atoms with E-state index >= 15 is 0 Å². The van der Waals surface area contributed by atoms with Gasteiger partial charge in [0.15, 0.2) is 5.16 Å². The number of non-ortho nitro benzene ring substituents is 1. The Morgan fingerprint density at radius 1 is 1.13 bits per heavy atom. The average molecular weight is 454 g/mol. The number of nitro benzene ring substituents is 1. The summed E-state index contributed by atoms with van der Waals surface area (Å²) in [7, 11) is -4.03.